The standard InChI is InChI=1S/C12H19F3N2O2S2/c1-9(2)16-8-10-4-5-11(20-10)21(18,19)17-7-3-6-12(13,14)15/h4-5,9,16-17H,3,6-8H2,1-2H3. The fraction of sp³-hybridized carbons (Fsp3) is 0.667. The number of sulfonamides is 1. The fourth-order valence-corrected chi connectivity index (χ4v) is 3.89. The number of hydrogen-bond donors (Lipinski definition) is 2. The Morgan fingerprint density at radius 2 is 1.95 bits per heavy atom. The van der Waals surface area contributed by atoms with Crippen LogP contribution in [0.15, 0.2) is 16.3 Å². The Kier molecular flexibility index (Phi) is 6.64. The zero-order valence-corrected chi connectivity index (χ0v) is 13.5. The predicted molar refractivity (Wildman–Crippen MR) is 76.8 cm³/mol. The number of hydrogen-bond acceptors (Lipinski definition) is 4. The van der Waals surface area contributed by atoms with Crippen molar-refractivity contribution in [3.63, 3.8) is 0 Å². The minimum Gasteiger partial charge on any atom is -0.310 e. The lowest BCUT2D eigenvalue weighted by Gasteiger charge is -2.07. The molecule has 21 heavy (non-hydrogen) atoms. The molecule has 0 saturated carbocycles. The van der Waals surface area contributed by atoms with Gasteiger partial charge in [-0.05, 0) is 18.6 Å². The second-order valence-corrected chi connectivity index (χ2v) is 8.03. The first-order chi connectivity index (χ1) is 9.60. The van der Waals surface area contributed by atoms with Crippen molar-refractivity contribution in [2.24, 2.45) is 0 Å². The monoisotopic (exact) mass is 344 g/mol. The first kappa shape index (κ1) is 18.4. The van der Waals surface area contributed by atoms with E-state index in [1.54, 1.807) is 6.07 Å². The summed E-state index contributed by atoms with van der Waals surface area (Å²) >= 11 is 1.11. The van der Waals surface area contributed by atoms with Crippen LogP contribution < -0.4 is 10.0 Å². The third-order valence-electron chi connectivity index (χ3n) is 2.52. The Morgan fingerprint density at radius 3 is 2.52 bits per heavy atom. The van der Waals surface area contributed by atoms with Gasteiger partial charge in [-0.3, -0.25) is 0 Å². The molecule has 0 saturated heterocycles. The van der Waals surface area contributed by atoms with Gasteiger partial charge in [-0.25, -0.2) is 13.1 Å². The molecule has 0 atom stereocenters. The zero-order chi connectivity index (χ0) is 16.1. The van der Waals surface area contributed by atoms with Crippen LogP contribution in [-0.2, 0) is 16.6 Å². The average Bonchev–Trinajstić information content (AvgIpc) is 2.80. The van der Waals surface area contributed by atoms with Crippen molar-refractivity contribution in [2.45, 2.75) is 49.7 Å². The lowest BCUT2D eigenvalue weighted by atomic mass is 10.3. The summed E-state index contributed by atoms with van der Waals surface area (Å²) in [5, 5.41) is 3.17. The highest BCUT2D eigenvalue weighted by molar-refractivity contribution is 7.91. The van der Waals surface area contributed by atoms with E-state index >= 15 is 0 Å². The molecule has 1 aromatic rings. The van der Waals surface area contributed by atoms with Gasteiger partial charge in [-0.1, -0.05) is 13.8 Å². The SMILES string of the molecule is CC(C)NCc1ccc(S(=O)(=O)NCCCC(F)(F)F)s1. The van der Waals surface area contributed by atoms with E-state index < -0.39 is 22.6 Å². The predicted octanol–water partition coefficient (Wildman–Crippen LogP) is 2.87. The second-order valence-electron chi connectivity index (χ2n) is 4.87. The molecule has 0 aromatic carbocycles. The largest absolute Gasteiger partial charge is 0.389 e. The lowest BCUT2D eigenvalue weighted by Crippen LogP contribution is -2.25. The van der Waals surface area contributed by atoms with Crippen molar-refractivity contribution >= 4 is 21.4 Å². The van der Waals surface area contributed by atoms with Gasteiger partial charge in [0.25, 0.3) is 0 Å². The summed E-state index contributed by atoms with van der Waals surface area (Å²) in [6.07, 6.45) is -5.52. The van der Waals surface area contributed by atoms with Crippen LogP contribution in [0.4, 0.5) is 13.2 Å². The van der Waals surface area contributed by atoms with Crippen LogP contribution >= 0.6 is 11.3 Å². The minimum absolute atomic E-state index is 0.120. The highest BCUT2D eigenvalue weighted by Crippen LogP contribution is 2.23. The van der Waals surface area contributed by atoms with Crippen LogP contribution in [-0.4, -0.2) is 27.2 Å². The molecular weight excluding hydrogens is 325 g/mol. The third-order valence-corrected chi connectivity index (χ3v) is 5.55. The fourth-order valence-electron chi connectivity index (χ4n) is 1.47. The molecule has 0 radical (unpaired) electrons. The minimum atomic E-state index is -4.26. The van der Waals surface area contributed by atoms with Gasteiger partial charge in [0.15, 0.2) is 0 Å². The number of nitrogens with one attached hydrogen (secondary N) is 2. The van der Waals surface area contributed by atoms with Gasteiger partial charge < -0.3 is 5.32 Å². The quantitative estimate of drug-likeness (QED) is 0.713. The molecule has 2 N–H and O–H groups in total. The van der Waals surface area contributed by atoms with E-state index in [1.807, 2.05) is 13.8 Å². The van der Waals surface area contributed by atoms with Crippen molar-refractivity contribution in [3.8, 4) is 0 Å². The Morgan fingerprint density at radius 1 is 1.29 bits per heavy atom. The Labute approximate surface area is 126 Å². The second kappa shape index (κ2) is 7.57. The van der Waals surface area contributed by atoms with E-state index in [0.717, 1.165) is 16.2 Å². The molecule has 0 amide bonds. The van der Waals surface area contributed by atoms with Crippen molar-refractivity contribution in [1.29, 1.82) is 0 Å². The average molecular weight is 344 g/mol. The molecule has 4 nitrogen and oxygen atoms in total. The first-order valence-corrected chi connectivity index (χ1v) is 8.78. The number of alkyl halides is 3. The Balaban J connectivity index is 2.51. The van der Waals surface area contributed by atoms with Gasteiger partial charge in [0, 0.05) is 30.4 Å². The topological polar surface area (TPSA) is 58.2 Å². The Hall–Kier alpha value is -0.640. The molecule has 0 spiro atoms. The molecule has 0 unspecified atom stereocenters. The highest BCUT2D eigenvalue weighted by atomic mass is 32.2. The van der Waals surface area contributed by atoms with Gasteiger partial charge in [-0.15, -0.1) is 11.3 Å². The lowest BCUT2D eigenvalue weighted by molar-refractivity contribution is -0.135. The molecule has 0 aliphatic rings. The van der Waals surface area contributed by atoms with Crippen molar-refractivity contribution in [3.05, 3.63) is 17.0 Å². The number of halogens is 3. The molecule has 0 aliphatic carbocycles. The zero-order valence-electron chi connectivity index (χ0n) is 11.8. The highest BCUT2D eigenvalue weighted by Gasteiger charge is 2.26. The van der Waals surface area contributed by atoms with Crippen LogP contribution in [0.5, 0.6) is 0 Å². The summed E-state index contributed by atoms with van der Waals surface area (Å²) < 4.78 is 62.0. The van der Waals surface area contributed by atoms with E-state index in [0.29, 0.717) is 6.54 Å². The maximum Gasteiger partial charge on any atom is 0.389 e. The summed E-state index contributed by atoms with van der Waals surface area (Å²) in [5.41, 5.74) is 0. The van der Waals surface area contributed by atoms with Crippen LogP contribution in [0, 0.1) is 0 Å². The van der Waals surface area contributed by atoms with Crippen molar-refractivity contribution in [1.82, 2.24) is 10.0 Å². The van der Waals surface area contributed by atoms with Crippen LogP contribution in [0.3, 0.4) is 0 Å². The third kappa shape index (κ3) is 7.25. The van der Waals surface area contributed by atoms with Crippen LogP contribution in [0.2, 0.25) is 0 Å². The molecule has 9 heteroatoms. The van der Waals surface area contributed by atoms with Gasteiger partial charge >= 0.3 is 6.18 Å². The summed E-state index contributed by atoms with van der Waals surface area (Å²) in [6, 6.07) is 3.45. The maximum atomic E-state index is 12.0. The van der Waals surface area contributed by atoms with E-state index in [1.165, 1.54) is 6.07 Å². The summed E-state index contributed by atoms with van der Waals surface area (Å²) in [6.45, 7) is 4.30. The molecule has 0 aliphatic heterocycles. The van der Waals surface area contributed by atoms with Crippen LogP contribution in [0.1, 0.15) is 31.6 Å². The number of thiophene rings is 1. The summed E-state index contributed by atoms with van der Waals surface area (Å²) in [7, 11) is -3.72. The van der Waals surface area contributed by atoms with E-state index in [-0.39, 0.29) is 23.2 Å². The molecular formula is C12H19F3N2O2S2. The summed E-state index contributed by atoms with van der Waals surface area (Å²) in [4.78, 5) is 0.861. The van der Waals surface area contributed by atoms with Gasteiger partial charge in [0.2, 0.25) is 10.0 Å². The molecule has 0 bridgehead atoms. The Bertz CT molecular complexity index is 539. The normalized spacial score (nSPS) is 13.0. The molecule has 0 fully saturated rings. The van der Waals surface area contributed by atoms with Crippen molar-refractivity contribution < 1.29 is 21.6 Å². The summed E-state index contributed by atoms with van der Waals surface area (Å²) in [5.74, 6) is 0. The van der Waals surface area contributed by atoms with Crippen LogP contribution in [0.25, 0.3) is 0 Å². The van der Waals surface area contributed by atoms with Gasteiger partial charge in [-0.2, -0.15) is 13.2 Å². The molecule has 1 heterocycles. The van der Waals surface area contributed by atoms with Gasteiger partial charge in [0.1, 0.15) is 4.21 Å². The smallest absolute Gasteiger partial charge is 0.310 e. The van der Waals surface area contributed by atoms with E-state index in [2.05, 4.69) is 10.0 Å². The first-order valence-electron chi connectivity index (χ1n) is 6.49. The molecule has 1 aromatic heterocycles. The number of rotatable bonds is 8. The van der Waals surface area contributed by atoms with Crippen molar-refractivity contribution in [2.75, 3.05) is 6.54 Å². The van der Waals surface area contributed by atoms with Gasteiger partial charge in [0.05, 0.1) is 0 Å². The van der Waals surface area contributed by atoms with E-state index in [9.17, 15) is 21.6 Å². The molecule has 1 rings (SSSR count). The maximum absolute atomic E-state index is 12.0. The van der Waals surface area contributed by atoms with E-state index in [4.69, 9.17) is 0 Å². The molecule has 122 valence electrons.